The van der Waals surface area contributed by atoms with Crippen molar-refractivity contribution in [3.8, 4) is 11.3 Å². The normalized spacial score (nSPS) is 14.8. The maximum absolute atomic E-state index is 11.0. The Morgan fingerprint density at radius 2 is 2.17 bits per heavy atom. The number of nitro benzene ring substituents is 1. The molecule has 1 aliphatic rings. The third kappa shape index (κ3) is 2.85. The number of nitro groups is 1. The van der Waals surface area contributed by atoms with E-state index in [4.69, 9.17) is 4.99 Å². The van der Waals surface area contributed by atoms with Crippen LogP contribution in [0.3, 0.4) is 0 Å². The van der Waals surface area contributed by atoms with Gasteiger partial charge in [0, 0.05) is 35.3 Å². The van der Waals surface area contributed by atoms with Crippen LogP contribution in [0, 0.1) is 10.1 Å². The summed E-state index contributed by atoms with van der Waals surface area (Å²) >= 11 is 1.55. The van der Waals surface area contributed by atoms with E-state index in [0.29, 0.717) is 6.04 Å². The van der Waals surface area contributed by atoms with Crippen LogP contribution in [0.5, 0.6) is 0 Å². The summed E-state index contributed by atoms with van der Waals surface area (Å²) in [6, 6.07) is 10.9. The summed E-state index contributed by atoms with van der Waals surface area (Å²) in [6.07, 6.45) is 5.67. The lowest BCUT2D eigenvalue weighted by atomic mass is 10.1. The molecule has 0 bridgehead atoms. The Morgan fingerprint density at radius 1 is 1.29 bits per heavy atom. The highest BCUT2D eigenvalue weighted by molar-refractivity contribution is 7.07. The molecule has 120 valence electrons. The summed E-state index contributed by atoms with van der Waals surface area (Å²) in [5.41, 5.74) is 2.74. The lowest BCUT2D eigenvalue weighted by Crippen LogP contribution is -2.14. The van der Waals surface area contributed by atoms with Crippen LogP contribution < -0.4 is 4.80 Å². The molecule has 0 spiro atoms. The number of thiazole rings is 1. The summed E-state index contributed by atoms with van der Waals surface area (Å²) in [4.78, 5) is 20.4. The number of hydrogen-bond donors (Lipinski definition) is 0. The van der Waals surface area contributed by atoms with Crippen molar-refractivity contribution < 1.29 is 4.92 Å². The summed E-state index contributed by atoms with van der Waals surface area (Å²) in [7, 11) is 0. The van der Waals surface area contributed by atoms with Crippen LogP contribution in [0.4, 0.5) is 11.4 Å². The van der Waals surface area contributed by atoms with Crippen LogP contribution in [-0.2, 0) is 0 Å². The van der Waals surface area contributed by atoms with Crippen molar-refractivity contribution in [2.45, 2.75) is 18.9 Å². The van der Waals surface area contributed by atoms with Crippen LogP contribution in [0.2, 0.25) is 0 Å². The van der Waals surface area contributed by atoms with E-state index in [1.165, 1.54) is 6.07 Å². The number of non-ortho nitro benzene ring substituents is 1. The molecule has 0 atom stereocenters. The summed E-state index contributed by atoms with van der Waals surface area (Å²) in [6.45, 7) is 0. The second-order valence-corrected chi connectivity index (χ2v) is 6.47. The molecule has 0 aliphatic heterocycles. The van der Waals surface area contributed by atoms with Gasteiger partial charge in [-0.15, -0.1) is 11.3 Å². The van der Waals surface area contributed by atoms with Crippen molar-refractivity contribution in [1.82, 2.24) is 9.55 Å². The molecule has 2 aromatic heterocycles. The molecule has 24 heavy (non-hydrogen) atoms. The Morgan fingerprint density at radius 3 is 2.88 bits per heavy atom. The van der Waals surface area contributed by atoms with E-state index >= 15 is 0 Å². The lowest BCUT2D eigenvalue weighted by Gasteiger charge is -2.07. The predicted molar refractivity (Wildman–Crippen MR) is 92.1 cm³/mol. The third-order valence-corrected chi connectivity index (χ3v) is 4.72. The maximum Gasteiger partial charge on any atom is 0.270 e. The van der Waals surface area contributed by atoms with Crippen molar-refractivity contribution >= 4 is 22.7 Å². The Balaban J connectivity index is 1.85. The van der Waals surface area contributed by atoms with Gasteiger partial charge in [-0.1, -0.05) is 12.1 Å². The smallest absolute Gasteiger partial charge is 0.270 e. The predicted octanol–water partition coefficient (Wildman–Crippen LogP) is 4.09. The van der Waals surface area contributed by atoms with Gasteiger partial charge in [-0.25, -0.2) is 4.99 Å². The minimum Gasteiger partial charge on any atom is -0.313 e. The van der Waals surface area contributed by atoms with Gasteiger partial charge in [0.1, 0.15) is 0 Å². The van der Waals surface area contributed by atoms with Crippen LogP contribution in [0.25, 0.3) is 11.3 Å². The first-order valence-corrected chi connectivity index (χ1v) is 8.50. The van der Waals surface area contributed by atoms with Gasteiger partial charge in [-0.3, -0.25) is 15.1 Å². The first-order valence-electron chi connectivity index (χ1n) is 7.62. The fourth-order valence-corrected chi connectivity index (χ4v) is 3.59. The van der Waals surface area contributed by atoms with Crippen LogP contribution >= 0.6 is 11.3 Å². The molecule has 0 amide bonds. The zero-order valence-corrected chi connectivity index (χ0v) is 13.5. The van der Waals surface area contributed by atoms with E-state index in [-0.39, 0.29) is 10.6 Å². The second-order valence-electron chi connectivity index (χ2n) is 5.64. The Labute approximate surface area is 141 Å². The minimum absolute atomic E-state index is 0.104. The van der Waals surface area contributed by atoms with E-state index in [2.05, 4.69) is 9.55 Å². The number of hydrogen-bond acceptors (Lipinski definition) is 5. The topological polar surface area (TPSA) is 73.3 Å². The molecule has 4 rings (SSSR count). The van der Waals surface area contributed by atoms with Gasteiger partial charge in [-0.2, -0.15) is 0 Å². The van der Waals surface area contributed by atoms with E-state index in [9.17, 15) is 10.1 Å². The van der Waals surface area contributed by atoms with E-state index in [1.807, 2.05) is 23.6 Å². The molecule has 0 N–H and O–H groups in total. The molecule has 2 heterocycles. The van der Waals surface area contributed by atoms with Gasteiger partial charge in [0.25, 0.3) is 5.69 Å². The summed E-state index contributed by atoms with van der Waals surface area (Å²) in [5.74, 6) is 0. The van der Waals surface area contributed by atoms with Gasteiger partial charge >= 0.3 is 0 Å². The molecule has 7 heteroatoms. The summed E-state index contributed by atoms with van der Waals surface area (Å²) < 4.78 is 2.19. The first-order chi connectivity index (χ1) is 11.7. The van der Waals surface area contributed by atoms with Gasteiger partial charge in [-0.05, 0) is 25.0 Å². The molecule has 3 aromatic rings. The molecule has 1 aromatic carbocycles. The van der Waals surface area contributed by atoms with Gasteiger partial charge in [0.15, 0.2) is 4.80 Å². The molecule has 6 nitrogen and oxygen atoms in total. The van der Waals surface area contributed by atoms with E-state index in [0.717, 1.165) is 34.6 Å². The molecular weight excluding hydrogens is 324 g/mol. The molecular formula is C17H14N4O2S. The van der Waals surface area contributed by atoms with Crippen molar-refractivity contribution in [1.29, 1.82) is 0 Å². The van der Waals surface area contributed by atoms with Gasteiger partial charge in [0.2, 0.25) is 0 Å². The average molecular weight is 338 g/mol. The fraction of sp³-hybridized carbons (Fsp3) is 0.176. The molecule has 1 aliphatic carbocycles. The monoisotopic (exact) mass is 338 g/mol. The highest BCUT2D eigenvalue weighted by Crippen LogP contribution is 2.38. The van der Waals surface area contributed by atoms with Crippen molar-refractivity contribution in [2.24, 2.45) is 4.99 Å². The number of benzene rings is 1. The van der Waals surface area contributed by atoms with Crippen molar-refractivity contribution in [3.05, 3.63) is 69.1 Å². The standard InChI is InChI=1S/C17H14N4O2S/c22-21(23)15-5-1-3-12(9-15)16-11-24-17(20(16)14-6-7-14)19-13-4-2-8-18-10-13/h1-5,8-11,14H,6-7H2. The second kappa shape index (κ2) is 6.01. The van der Waals surface area contributed by atoms with Crippen molar-refractivity contribution in [2.75, 3.05) is 0 Å². The Bertz CT molecular complexity index is 958. The number of aromatic nitrogens is 2. The van der Waals surface area contributed by atoms with Crippen molar-refractivity contribution in [3.63, 3.8) is 0 Å². The third-order valence-electron chi connectivity index (χ3n) is 3.88. The highest BCUT2D eigenvalue weighted by Gasteiger charge is 2.27. The SMILES string of the molecule is O=[N+]([O-])c1cccc(-c2csc(=Nc3cccnc3)n2C2CC2)c1. The van der Waals surface area contributed by atoms with E-state index < -0.39 is 0 Å². The van der Waals surface area contributed by atoms with Gasteiger partial charge in [0.05, 0.1) is 22.5 Å². The Hall–Kier alpha value is -2.80. The van der Waals surface area contributed by atoms with Gasteiger partial charge < -0.3 is 4.57 Å². The van der Waals surface area contributed by atoms with Crippen LogP contribution in [0.1, 0.15) is 18.9 Å². The largest absolute Gasteiger partial charge is 0.313 e. The fourth-order valence-electron chi connectivity index (χ4n) is 2.61. The molecule has 0 unspecified atom stereocenters. The average Bonchev–Trinajstić information content (AvgIpc) is 3.36. The quantitative estimate of drug-likeness (QED) is 0.531. The number of pyridine rings is 1. The number of rotatable bonds is 4. The van der Waals surface area contributed by atoms with Crippen LogP contribution in [-0.4, -0.2) is 14.5 Å². The molecule has 0 radical (unpaired) electrons. The van der Waals surface area contributed by atoms with E-state index in [1.54, 1.807) is 35.9 Å². The lowest BCUT2D eigenvalue weighted by molar-refractivity contribution is -0.384. The Kier molecular flexibility index (Phi) is 3.70. The van der Waals surface area contributed by atoms with Crippen LogP contribution in [0.15, 0.2) is 59.2 Å². The highest BCUT2D eigenvalue weighted by atomic mass is 32.1. The zero-order valence-electron chi connectivity index (χ0n) is 12.7. The summed E-state index contributed by atoms with van der Waals surface area (Å²) in [5, 5.41) is 13.1. The minimum atomic E-state index is -0.363. The zero-order chi connectivity index (χ0) is 16.5. The maximum atomic E-state index is 11.0. The molecule has 0 saturated heterocycles. The first kappa shape index (κ1) is 14.8. The number of nitrogens with zero attached hydrogens (tertiary/aromatic N) is 4. The molecule has 1 fully saturated rings. The molecule has 1 saturated carbocycles.